The zero-order valence-corrected chi connectivity index (χ0v) is 17.8. The smallest absolute Gasteiger partial charge is 0.422 e. The summed E-state index contributed by atoms with van der Waals surface area (Å²) in [6.07, 6.45) is -16.4. The van der Waals surface area contributed by atoms with Gasteiger partial charge in [-0.2, -0.15) is 39.5 Å². The maximum atomic E-state index is 13.7. The lowest BCUT2D eigenvalue weighted by Crippen LogP contribution is -2.15. The minimum absolute atomic E-state index is 0.0810. The van der Waals surface area contributed by atoms with Crippen LogP contribution in [0.5, 0.6) is 23.0 Å². The van der Waals surface area contributed by atoms with Gasteiger partial charge in [-0.15, -0.1) is 0 Å². The molecule has 0 aliphatic rings. The molecule has 0 saturated carbocycles. The minimum atomic E-state index is -5.58. The van der Waals surface area contributed by atoms with Gasteiger partial charge in [0.2, 0.25) is 0 Å². The van der Waals surface area contributed by atoms with E-state index in [1.165, 1.54) is 0 Å². The predicted octanol–water partition coefficient (Wildman–Crippen LogP) is 8.05. The van der Waals surface area contributed by atoms with Gasteiger partial charge < -0.3 is 20.9 Å². The molecule has 0 bridgehead atoms. The Morgan fingerprint density at radius 2 is 0.947 bits per heavy atom. The normalized spacial score (nSPS) is 12.6. The number of nitrogens with two attached hydrogens (primary N) is 2. The van der Waals surface area contributed by atoms with E-state index >= 15 is 0 Å². The molecule has 17 heteroatoms. The minimum Gasteiger partial charge on any atom is -0.456 e. The largest absolute Gasteiger partial charge is 0.456 e. The van der Waals surface area contributed by atoms with Crippen LogP contribution in [0.4, 0.5) is 68.5 Å². The van der Waals surface area contributed by atoms with E-state index in [1.54, 1.807) is 0 Å². The van der Waals surface area contributed by atoms with Crippen LogP contribution in [0.1, 0.15) is 16.7 Å². The molecule has 0 unspecified atom stereocenters. The van der Waals surface area contributed by atoms with Crippen LogP contribution in [0.3, 0.4) is 0 Å². The Morgan fingerprint density at radius 3 is 1.34 bits per heavy atom. The number of rotatable bonds is 4. The zero-order valence-electron chi connectivity index (χ0n) is 17.8. The Kier molecular flexibility index (Phi) is 7.02. The summed E-state index contributed by atoms with van der Waals surface area (Å²) in [7, 11) is 0. The van der Waals surface area contributed by atoms with Crippen LogP contribution < -0.4 is 20.9 Å². The Bertz CT molecular complexity index is 1400. The third-order valence-electron chi connectivity index (χ3n) is 4.71. The highest BCUT2D eigenvalue weighted by Gasteiger charge is 2.42. The summed E-state index contributed by atoms with van der Waals surface area (Å²) in [6, 6.07) is 0.151. The van der Waals surface area contributed by atoms with Crippen LogP contribution in [0, 0.1) is 23.3 Å². The SMILES string of the molecule is Nc1c(F)c(F)cc(Oc2ccc(C(F)(F)F)c(Oc3cc(F)c(F)c(N)c3C(F)(F)F)c2)c1C(F)(F)F. The zero-order chi connectivity index (χ0) is 29.0. The highest BCUT2D eigenvalue weighted by atomic mass is 19.4. The topological polar surface area (TPSA) is 70.5 Å². The Labute approximate surface area is 202 Å². The quantitative estimate of drug-likeness (QED) is 0.247. The van der Waals surface area contributed by atoms with Crippen LogP contribution in [0.25, 0.3) is 0 Å². The number of halogens is 13. The van der Waals surface area contributed by atoms with Crippen LogP contribution in [-0.2, 0) is 18.5 Å². The van der Waals surface area contributed by atoms with Crippen LogP contribution in [0.15, 0.2) is 30.3 Å². The number of alkyl halides is 9. The molecule has 4 N–H and O–H groups in total. The van der Waals surface area contributed by atoms with Gasteiger partial charge in [0.05, 0.1) is 16.9 Å². The van der Waals surface area contributed by atoms with Crippen molar-refractivity contribution in [2.24, 2.45) is 0 Å². The van der Waals surface area contributed by atoms with E-state index in [1.807, 2.05) is 0 Å². The molecule has 0 radical (unpaired) electrons. The molecule has 4 nitrogen and oxygen atoms in total. The van der Waals surface area contributed by atoms with Gasteiger partial charge in [0, 0.05) is 18.2 Å². The molecular weight excluding hydrogens is 559 g/mol. The Balaban J connectivity index is 2.21. The van der Waals surface area contributed by atoms with Crippen molar-refractivity contribution in [1.29, 1.82) is 0 Å². The van der Waals surface area contributed by atoms with Gasteiger partial charge in [-0.25, -0.2) is 17.6 Å². The molecule has 0 atom stereocenters. The van der Waals surface area contributed by atoms with Crippen LogP contribution in [0.2, 0.25) is 0 Å². The van der Waals surface area contributed by atoms with E-state index in [0.717, 1.165) is 0 Å². The fraction of sp³-hybridized carbons (Fsp3) is 0.143. The van der Waals surface area contributed by atoms with Crippen molar-refractivity contribution < 1.29 is 66.5 Å². The molecule has 38 heavy (non-hydrogen) atoms. The average molecular weight is 568 g/mol. The first kappa shape index (κ1) is 28.5. The maximum absolute atomic E-state index is 13.7. The Hall–Kier alpha value is -4.05. The average Bonchev–Trinajstić information content (AvgIpc) is 2.73. The van der Waals surface area contributed by atoms with E-state index in [9.17, 15) is 57.1 Å². The second-order valence-electron chi connectivity index (χ2n) is 7.27. The second kappa shape index (κ2) is 9.36. The molecule has 3 rings (SSSR count). The number of hydrogen-bond donors (Lipinski definition) is 2. The first-order valence-electron chi connectivity index (χ1n) is 9.49. The van der Waals surface area contributed by atoms with E-state index < -0.39 is 92.9 Å². The van der Waals surface area contributed by atoms with E-state index in [0.29, 0.717) is 6.07 Å². The van der Waals surface area contributed by atoms with E-state index in [-0.39, 0.29) is 24.3 Å². The molecule has 206 valence electrons. The summed E-state index contributed by atoms with van der Waals surface area (Å²) in [4.78, 5) is 0. The molecular formula is C21H9F13N2O2. The number of hydrogen-bond acceptors (Lipinski definition) is 4. The highest BCUT2D eigenvalue weighted by molar-refractivity contribution is 5.60. The fourth-order valence-corrected chi connectivity index (χ4v) is 3.12. The standard InChI is InChI=1S/C21H9F13N2O2/c22-8-4-11(13(20(29,30)31)17(35)15(8)24)37-6-1-2-7(19(26,27)28)10(3-6)38-12-5-9(23)16(25)18(36)14(12)21(32,33)34/h1-5H,35-36H2. The van der Waals surface area contributed by atoms with E-state index in [2.05, 4.69) is 4.74 Å². The maximum Gasteiger partial charge on any atom is 0.422 e. The fourth-order valence-electron chi connectivity index (χ4n) is 3.12. The van der Waals surface area contributed by atoms with Crippen molar-refractivity contribution >= 4 is 11.4 Å². The van der Waals surface area contributed by atoms with Gasteiger partial charge in [-0.1, -0.05) is 0 Å². The van der Waals surface area contributed by atoms with Gasteiger partial charge in [-0.3, -0.25) is 0 Å². The summed E-state index contributed by atoms with van der Waals surface area (Å²) in [5, 5.41) is 0. The molecule has 3 aromatic rings. The summed E-state index contributed by atoms with van der Waals surface area (Å²) in [5.41, 5.74) is 0.158. The Morgan fingerprint density at radius 1 is 0.526 bits per heavy atom. The van der Waals surface area contributed by atoms with Crippen molar-refractivity contribution in [1.82, 2.24) is 0 Å². The third kappa shape index (κ3) is 5.45. The van der Waals surface area contributed by atoms with Crippen molar-refractivity contribution in [2.75, 3.05) is 11.5 Å². The third-order valence-corrected chi connectivity index (χ3v) is 4.71. The molecule has 0 heterocycles. The molecule has 0 saturated heterocycles. The number of anilines is 2. The summed E-state index contributed by atoms with van der Waals surface area (Å²) >= 11 is 0. The highest BCUT2D eigenvalue weighted by Crippen LogP contribution is 2.48. The van der Waals surface area contributed by atoms with Gasteiger partial charge >= 0.3 is 18.5 Å². The first-order chi connectivity index (χ1) is 17.2. The van der Waals surface area contributed by atoms with E-state index in [4.69, 9.17) is 16.2 Å². The lowest BCUT2D eigenvalue weighted by Gasteiger charge is -2.20. The van der Waals surface area contributed by atoms with Crippen molar-refractivity contribution in [3.05, 3.63) is 70.3 Å². The van der Waals surface area contributed by atoms with Gasteiger partial charge in [-0.05, 0) is 12.1 Å². The van der Waals surface area contributed by atoms with Crippen molar-refractivity contribution in [3.63, 3.8) is 0 Å². The number of benzene rings is 3. The van der Waals surface area contributed by atoms with Gasteiger partial charge in [0.1, 0.15) is 34.1 Å². The van der Waals surface area contributed by atoms with Crippen LogP contribution >= 0.6 is 0 Å². The lowest BCUT2D eigenvalue weighted by atomic mass is 10.1. The van der Waals surface area contributed by atoms with Crippen LogP contribution in [-0.4, -0.2) is 0 Å². The molecule has 0 spiro atoms. The van der Waals surface area contributed by atoms with Crippen molar-refractivity contribution in [3.8, 4) is 23.0 Å². The monoisotopic (exact) mass is 568 g/mol. The first-order valence-corrected chi connectivity index (χ1v) is 9.49. The predicted molar refractivity (Wildman–Crippen MR) is 103 cm³/mol. The number of ether oxygens (including phenoxy) is 2. The molecule has 0 aliphatic carbocycles. The molecule has 0 amide bonds. The molecule has 0 aromatic heterocycles. The number of nitrogen functional groups attached to an aromatic ring is 2. The second-order valence-corrected chi connectivity index (χ2v) is 7.27. The molecule has 3 aromatic carbocycles. The van der Waals surface area contributed by atoms with Crippen molar-refractivity contribution in [2.45, 2.75) is 18.5 Å². The molecule has 0 aliphatic heterocycles. The van der Waals surface area contributed by atoms with Gasteiger partial charge in [0.15, 0.2) is 23.3 Å². The summed E-state index contributed by atoms with van der Waals surface area (Å²) in [6.45, 7) is 0. The summed E-state index contributed by atoms with van der Waals surface area (Å²) in [5.74, 6) is -14.2. The molecule has 0 fully saturated rings. The van der Waals surface area contributed by atoms with Gasteiger partial charge in [0.25, 0.3) is 0 Å². The lowest BCUT2D eigenvalue weighted by molar-refractivity contribution is -0.139. The summed E-state index contributed by atoms with van der Waals surface area (Å²) < 4.78 is 185.